The molecule has 2 aliphatic rings. The molecular formula is C19H21N5S. The highest BCUT2D eigenvalue weighted by Gasteiger charge is 2.43. The first-order valence-electron chi connectivity index (χ1n) is 8.89. The molecule has 128 valence electrons. The van der Waals surface area contributed by atoms with E-state index in [-0.39, 0.29) is 5.41 Å². The summed E-state index contributed by atoms with van der Waals surface area (Å²) in [7, 11) is 0. The van der Waals surface area contributed by atoms with Crippen molar-refractivity contribution in [1.29, 1.82) is 0 Å². The largest absolute Gasteiger partial charge is 0.368 e. The minimum Gasteiger partial charge on any atom is -0.368 e. The van der Waals surface area contributed by atoms with E-state index >= 15 is 0 Å². The second-order valence-corrected chi connectivity index (χ2v) is 8.17. The molecule has 1 aromatic carbocycles. The Labute approximate surface area is 150 Å². The number of aromatic nitrogens is 3. The molecule has 1 aliphatic heterocycles. The Hall–Kier alpha value is -2.05. The minimum atomic E-state index is 0.159. The van der Waals surface area contributed by atoms with E-state index < -0.39 is 0 Å². The quantitative estimate of drug-likeness (QED) is 0.768. The Morgan fingerprint density at radius 1 is 1.24 bits per heavy atom. The van der Waals surface area contributed by atoms with Gasteiger partial charge in [0.15, 0.2) is 0 Å². The van der Waals surface area contributed by atoms with Crippen LogP contribution in [0.2, 0.25) is 0 Å². The molecule has 1 aliphatic carbocycles. The monoisotopic (exact) mass is 351 g/mol. The van der Waals surface area contributed by atoms with Crippen molar-refractivity contribution in [1.82, 2.24) is 19.9 Å². The molecule has 25 heavy (non-hydrogen) atoms. The van der Waals surface area contributed by atoms with Crippen molar-refractivity contribution in [2.24, 2.45) is 0 Å². The Morgan fingerprint density at radius 3 is 3.16 bits per heavy atom. The number of thiazole rings is 1. The van der Waals surface area contributed by atoms with E-state index in [1.54, 1.807) is 11.3 Å². The molecular weight excluding hydrogens is 330 g/mol. The lowest BCUT2D eigenvalue weighted by atomic mass is 9.77. The highest BCUT2D eigenvalue weighted by Crippen LogP contribution is 2.44. The summed E-state index contributed by atoms with van der Waals surface area (Å²) in [4.78, 5) is 15.9. The van der Waals surface area contributed by atoms with Crippen molar-refractivity contribution in [3.63, 3.8) is 0 Å². The molecule has 2 aromatic heterocycles. The van der Waals surface area contributed by atoms with Gasteiger partial charge in [-0.15, -0.1) is 11.3 Å². The summed E-state index contributed by atoms with van der Waals surface area (Å²) in [5.41, 5.74) is 13.0. The molecule has 1 atom stereocenters. The minimum absolute atomic E-state index is 0.159. The smallest absolute Gasteiger partial charge is 0.220 e. The second-order valence-electron chi connectivity index (χ2n) is 7.31. The first-order chi connectivity index (χ1) is 12.2. The molecule has 1 spiro atoms. The van der Waals surface area contributed by atoms with Crippen LogP contribution < -0.4 is 5.73 Å². The van der Waals surface area contributed by atoms with E-state index in [2.05, 4.69) is 38.1 Å². The zero-order valence-corrected chi connectivity index (χ0v) is 14.9. The Kier molecular flexibility index (Phi) is 3.50. The summed E-state index contributed by atoms with van der Waals surface area (Å²) in [6.45, 7) is 3.19. The van der Waals surface area contributed by atoms with Crippen LogP contribution in [0.1, 0.15) is 36.1 Å². The van der Waals surface area contributed by atoms with Crippen molar-refractivity contribution < 1.29 is 0 Å². The van der Waals surface area contributed by atoms with Crippen LogP contribution in [0.4, 0.5) is 5.95 Å². The molecule has 1 unspecified atom stereocenters. The summed E-state index contributed by atoms with van der Waals surface area (Å²) in [5, 5.41) is 0. The fraction of sp³-hybridized carbons (Fsp3) is 0.421. The van der Waals surface area contributed by atoms with Crippen LogP contribution in [0.3, 0.4) is 0 Å². The zero-order chi connectivity index (χ0) is 16.9. The topological polar surface area (TPSA) is 67.9 Å². The SMILES string of the molecule is Nc1ncc2c(n1)C1(CCCN(Cc3cccc4ncsc34)C1)CC2. The van der Waals surface area contributed by atoms with Gasteiger partial charge in [0.1, 0.15) is 0 Å². The van der Waals surface area contributed by atoms with Gasteiger partial charge < -0.3 is 5.73 Å². The summed E-state index contributed by atoms with van der Waals surface area (Å²) >= 11 is 1.74. The van der Waals surface area contributed by atoms with E-state index in [1.165, 1.54) is 40.8 Å². The Balaban J connectivity index is 1.44. The molecule has 3 aromatic rings. The van der Waals surface area contributed by atoms with E-state index in [0.717, 1.165) is 31.6 Å². The van der Waals surface area contributed by atoms with Crippen molar-refractivity contribution in [2.75, 3.05) is 18.8 Å². The molecule has 5 rings (SSSR count). The third kappa shape index (κ3) is 2.51. The van der Waals surface area contributed by atoms with Gasteiger partial charge in [-0.1, -0.05) is 12.1 Å². The number of nitrogens with zero attached hydrogens (tertiary/aromatic N) is 4. The number of rotatable bonds is 2. The Bertz CT molecular complexity index is 932. The Morgan fingerprint density at radius 2 is 2.20 bits per heavy atom. The van der Waals surface area contributed by atoms with Crippen LogP contribution in [0.15, 0.2) is 29.9 Å². The first kappa shape index (κ1) is 15.2. The van der Waals surface area contributed by atoms with Gasteiger partial charge in [0.2, 0.25) is 5.95 Å². The van der Waals surface area contributed by atoms with Crippen LogP contribution in [-0.4, -0.2) is 32.9 Å². The molecule has 0 saturated carbocycles. The number of nitrogen functional groups attached to an aromatic ring is 1. The number of likely N-dealkylation sites (tertiary alicyclic amines) is 1. The van der Waals surface area contributed by atoms with Crippen LogP contribution in [-0.2, 0) is 18.4 Å². The van der Waals surface area contributed by atoms with Gasteiger partial charge in [-0.2, -0.15) is 0 Å². The van der Waals surface area contributed by atoms with Crippen LogP contribution in [0.25, 0.3) is 10.2 Å². The fourth-order valence-electron chi connectivity index (χ4n) is 4.62. The standard InChI is InChI=1S/C19H21N5S/c20-18-21-9-13-5-7-19(17(13)23-18)6-2-8-24(11-19)10-14-3-1-4-15-16(14)25-12-22-15/h1,3-4,9,12H,2,5-8,10-11H2,(H2,20,21,23). The van der Waals surface area contributed by atoms with E-state index in [0.29, 0.717) is 5.95 Å². The predicted molar refractivity (Wildman–Crippen MR) is 101 cm³/mol. The molecule has 1 fully saturated rings. The van der Waals surface area contributed by atoms with Crippen molar-refractivity contribution in [2.45, 2.75) is 37.6 Å². The van der Waals surface area contributed by atoms with E-state index in [1.807, 2.05) is 11.7 Å². The van der Waals surface area contributed by atoms with Gasteiger partial charge in [-0.3, -0.25) is 4.90 Å². The van der Waals surface area contributed by atoms with E-state index in [4.69, 9.17) is 5.73 Å². The third-order valence-electron chi connectivity index (χ3n) is 5.75. The van der Waals surface area contributed by atoms with Gasteiger partial charge in [0.25, 0.3) is 0 Å². The van der Waals surface area contributed by atoms with Gasteiger partial charge in [0.05, 0.1) is 21.4 Å². The number of hydrogen-bond acceptors (Lipinski definition) is 6. The molecule has 0 amide bonds. The lowest BCUT2D eigenvalue weighted by Gasteiger charge is -2.40. The van der Waals surface area contributed by atoms with Gasteiger partial charge in [-0.05, 0) is 49.4 Å². The van der Waals surface area contributed by atoms with Gasteiger partial charge >= 0.3 is 0 Å². The van der Waals surface area contributed by atoms with Crippen molar-refractivity contribution >= 4 is 27.5 Å². The highest BCUT2D eigenvalue weighted by atomic mass is 32.1. The number of fused-ring (bicyclic) bond motifs is 3. The number of nitrogens with two attached hydrogens (primary N) is 1. The fourth-order valence-corrected chi connectivity index (χ4v) is 5.42. The van der Waals surface area contributed by atoms with Crippen LogP contribution in [0.5, 0.6) is 0 Å². The predicted octanol–water partition coefficient (Wildman–Crippen LogP) is 3.15. The van der Waals surface area contributed by atoms with Crippen molar-refractivity contribution in [3.8, 4) is 0 Å². The first-order valence-corrected chi connectivity index (χ1v) is 9.77. The number of benzene rings is 1. The summed E-state index contributed by atoms with van der Waals surface area (Å²) in [6, 6.07) is 6.46. The number of hydrogen-bond donors (Lipinski definition) is 1. The van der Waals surface area contributed by atoms with E-state index in [9.17, 15) is 0 Å². The molecule has 2 N–H and O–H groups in total. The zero-order valence-electron chi connectivity index (χ0n) is 14.1. The average Bonchev–Trinajstić information content (AvgIpc) is 3.22. The summed E-state index contributed by atoms with van der Waals surface area (Å²) < 4.78 is 1.32. The normalized spacial score (nSPS) is 23.4. The van der Waals surface area contributed by atoms with Gasteiger partial charge in [-0.25, -0.2) is 15.0 Å². The lowest BCUT2D eigenvalue weighted by Crippen LogP contribution is -2.45. The summed E-state index contributed by atoms with van der Waals surface area (Å²) in [5.74, 6) is 0.409. The van der Waals surface area contributed by atoms with Crippen molar-refractivity contribution in [3.05, 3.63) is 46.7 Å². The maximum atomic E-state index is 5.89. The average molecular weight is 351 g/mol. The number of aryl methyl sites for hydroxylation is 1. The van der Waals surface area contributed by atoms with Crippen LogP contribution in [0, 0.1) is 0 Å². The molecule has 6 heteroatoms. The third-order valence-corrected chi connectivity index (χ3v) is 6.66. The van der Waals surface area contributed by atoms with Crippen LogP contribution >= 0.6 is 11.3 Å². The summed E-state index contributed by atoms with van der Waals surface area (Å²) in [6.07, 6.45) is 6.60. The lowest BCUT2D eigenvalue weighted by molar-refractivity contribution is 0.137. The maximum Gasteiger partial charge on any atom is 0.220 e. The molecule has 3 heterocycles. The highest BCUT2D eigenvalue weighted by molar-refractivity contribution is 7.16. The maximum absolute atomic E-state index is 5.89. The molecule has 0 bridgehead atoms. The molecule has 5 nitrogen and oxygen atoms in total. The molecule has 1 saturated heterocycles. The molecule has 0 radical (unpaired) electrons. The number of anilines is 1. The van der Waals surface area contributed by atoms with Gasteiger partial charge in [0, 0.05) is 24.7 Å². The number of piperidine rings is 1. The second kappa shape index (κ2) is 5.75.